The molecule has 0 aliphatic rings. The molecule has 0 radical (unpaired) electrons. The summed E-state index contributed by atoms with van der Waals surface area (Å²) in [6.07, 6.45) is 0. The molecule has 2 aromatic carbocycles. The number of rotatable bonds is 7. The summed E-state index contributed by atoms with van der Waals surface area (Å²) in [5, 5.41) is 9.31. The fourth-order valence-electron chi connectivity index (χ4n) is 1.86. The maximum absolute atomic E-state index is 8.96. The Morgan fingerprint density at radius 3 is 2.45 bits per heavy atom. The second kappa shape index (κ2) is 8.16. The van der Waals surface area contributed by atoms with Gasteiger partial charge in [0.1, 0.15) is 19.0 Å². The van der Waals surface area contributed by atoms with Gasteiger partial charge in [0.25, 0.3) is 0 Å². The molecule has 0 saturated carbocycles. The minimum Gasteiger partial charge on any atom is -0.490 e. The SMILES string of the molecule is CCOc1cc(C#N)cc(Cl)c1OCCOc1ccccc1. The minimum atomic E-state index is 0.320. The lowest BCUT2D eigenvalue weighted by molar-refractivity contribution is 0.208. The van der Waals surface area contributed by atoms with Crippen molar-refractivity contribution in [1.82, 2.24) is 0 Å². The van der Waals surface area contributed by atoms with E-state index in [1.165, 1.54) is 0 Å². The summed E-state index contributed by atoms with van der Waals surface area (Å²) in [7, 11) is 0. The minimum absolute atomic E-state index is 0.320. The summed E-state index contributed by atoms with van der Waals surface area (Å²) in [6.45, 7) is 3.02. The first-order chi connectivity index (χ1) is 10.7. The second-order valence-electron chi connectivity index (χ2n) is 4.34. The summed E-state index contributed by atoms with van der Waals surface area (Å²) in [5.41, 5.74) is 0.432. The van der Waals surface area contributed by atoms with E-state index in [9.17, 15) is 0 Å². The van der Waals surface area contributed by atoms with Crippen molar-refractivity contribution in [2.24, 2.45) is 0 Å². The fraction of sp³-hybridized carbons (Fsp3) is 0.235. The van der Waals surface area contributed by atoms with E-state index in [1.54, 1.807) is 12.1 Å². The molecule has 0 aliphatic heterocycles. The van der Waals surface area contributed by atoms with Gasteiger partial charge in [-0.1, -0.05) is 29.8 Å². The third-order valence-electron chi connectivity index (χ3n) is 2.78. The van der Waals surface area contributed by atoms with E-state index in [4.69, 9.17) is 31.1 Å². The Morgan fingerprint density at radius 2 is 1.77 bits per heavy atom. The molecule has 114 valence electrons. The van der Waals surface area contributed by atoms with Crippen molar-refractivity contribution in [3.05, 3.63) is 53.1 Å². The highest BCUT2D eigenvalue weighted by Crippen LogP contribution is 2.36. The average molecular weight is 318 g/mol. The van der Waals surface area contributed by atoms with E-state index in [0.717, 1.165) is 5.75 Å². The number of hydrogen-bond acceptors (Lipinski definition) is 4. The number of ether oxygens (including phenoxy) is 3. The van der Waals surface area contributed by atoms with Crippen molar-refractivity contribution in [2.75, 3.05) is 19.8 Å². The van der Waals surface area contributed by atoms with Gasteiger partial charge in [0.2, 0.25) is 0 Å². The van der Waals surface area contributed by atoms with Crippen LogP contribution in [0.3, 0.4) is 0 Å². The lowest BCUT2D eigenvalue weighted by Gasteiger charge is -2.14. The van der Waals surface area contributed by atoms with Crippen LogP contribution in [0, 0.1) is 11.3 Å². The number of halogens is 1. The summed E-state index contributed by atoms with van der Waals surface area (Å²) in [6, 6.07) is 14.7. The van der Waals surface area contributed by atoms with Crippen LogP contribution >= 0.6 is 11.6 Å². The maximum atomic E-state index is 8.96. The normalized spacial score (nSPS) is 9.86. The van der Waals surface area contributed by atoms with Crippen LogP contribution in [-0.2, 0) is 0 Å². The van der Waals surface area contributed by atoms with Crippen molar-refractivity contribution in [2.45, 2.75) is 6.92 Å². The Labute approximate surface area is 134 Å². The molecule has 0 heterocycles. The summed E-state index contributed by atoms with van der Waals surface area (Å²) < 4.78 is 16.7. The van der Waals surface area contributed by atoms with Crippen LogP contribution in [0.2, 0.25) is 5.02 Å². The van der Waals surface area contributed by atoms with Gasteiger partial charge >= 0.3 is 0 Å². The Bertz CT molecular complexity index is 653. The molecule has 0 aromatic heterocycles. The van der Waals surface area contributed by atoms with Gasteiger partial charge in [-0.25, -0.2) is 0 Å². The molecule has 0 bridgehead atoms. The molecule has 0 N–H and O–H groups in total. The zero-order chi connectivity index (χ0) is 15.8. The molecule has 2 aromatic rings. The highest BCUT2D eigenvalue weighted by Gasteiger charge is 2.12. The molecule has 5 heteroatoms. The van der Waals surface area contributed by atoms with Crippen molar-refractivity contribution < 1.29 is 14.2 Å². The molecular formula is C17H16ClNO3. The van der Waals surface area contributed by atoms with Crippen LogP contribution in [0.15, 0.2) is 42.5 Å². The molecule has 0 unspecified atom stereocenters. The lowest BCUT2D eigenvalue weighted by Crippen LogP contribution is -2.10. The number of nitriles is 1. The van der Waals surface area contributed by atoms with E-state index in [2.05, 4.69) is 0 Å². The number of para-hydroxylation sites is 1. The van der Waals surface area contributed by atoms with Gasteiger partial charge in [-0.15, -0.1) is 0 Å². The van der Waals surface area contributed by atoms with Gasteiger partial charge in [-0.2, -0.15) is 5.26 Å². The zero-order valence-electron chi connectivity index (χ0n) is 12.2. The maximum Gasteiger partial charge on any atom is 0.179 e. The number of nitrogens with zero attached hydrogens (tertiary/aromatic N) is 1. The van der Waals surface area contributed by atoms with Crippen molar-refractivity contribution in [3.63, 3.8) is 0 Å². The lowest BCUT2D eigenvalue weighted by atomic mass is 10.2. The van der Waals surface area contributed by atoms with Crippen LogP contribution in [0.4, 0.5) is 0 Å². The third-order valence-corrected chi connectivity index (χ3v) is 3.06. The highest BCUT2D eigenvalue weighted by atomic mass is 35.5. The van der Waals surface area contributed by atoms with Gasteiger partial charge in [-0.05, 0) is 25.1 Å². The van der Waals surface area contributed by atoms with Crippen molar-refractivity contribution in [3.8, 4) is 23.3 Å². The first-order valence-corrected chi connectivity index (χ1v) is 7.29. The van der Waals surface area contributed by atoms with Crippen LogP contribution in [-0.4, -0.2) is 19.8 Å². The predicted octanol–water partition coefficient (Wildman–Crippen LogP) is 4.07. The van der Waals surface area contributed by atoms with Crippen LogP contribution in [0.25, 0.3) is 0 Å². The number of benzene rings is 2. The van der Waals surface area contributed by atoms with Gasteiger partial charge in [0.05, 0.1) is 23.3 Å². The molecule has 0 aliphatic carbocycles. The van der Waals surface area contributed by atoms with Crippen molar-refractivity contribution in [1.29, 1.82) is 5.26 Å². The second-order valence-corrected chi connectivity index (χ2v) is 4.75. The van der Waals surface area contributed by atoms with Crippen LogP contribution in [0.5, 0.6) is 17.2 Å². The highest BCUT2D eigenvalue weighted by molar-refractivity contribution is 6.32. The zero-order valence-corrected chi connectivity index (χ0v) is 13.0. The number of hydrogen-bond donors (Lipinski definition) is 0. The topological polar surface area (TPSA) is 51.5 Å². The molecule has 0 atom stereocenters. The molecule has 0 amide bonds. The molecule has 0 saturated heterocycles. The van der Waals surface area contributed by atoms with Gasteiger partial charge in [0, 0.05) is 6.07 Å². The summed E-state index contributed by atoms with van der Waals surface area (Å²) in [5.74, 6) is 1.67. The molecule has 22 heavy (non-hydrogen) atoms. The van der Waals surface area contributed by atoms with E-state index < -0.39 is 0 Å². The monoisotopic (exact) mass is 317 g/mol. The van der Waals surface area contributed by atoms with E-state index in [-0.39, 0.29) is 0 Å². The third kappa shape index (κ3) is 4.31. The Morgan fingerprint density at radius 1 is 1.05 bits per heavy atom. The predicted molar refractivity (Wildman–Crippen MR) is 84.8 cm³/mol. The first kappa shape index (κ1) is 16.0. The van der Waals surface area contributed by atoms with E-state index in [1.807, 2.05) is 43.3 Å². The molecule has 0 spiro atoms. The molecular weight excluding hydrogens is 302 g/mol. The Hall–Kier alpha value is -2.38. The van der Waals surface area contributed by atoms with E-state index in [0.29, 0.717) is 41.9 Å². The van der Waals surface area contributed by atoms with Gasteiger partial charge in [0.15, 0.2) is 11.5 Å². The van der Waals surface area contributed by atoms with Crippen LogP contribution < -0.4 is 14.2 Å². The Balaban J connectivity index is 1.98. The molecule has 4 nitrogen and oxygen atoms in total. The quantitative estimate of drug-likeness (QED) is 0.722. The van der Waals surface area contributed by atoms with Crippen molar-refractivity contribution >= 4 is 11.6 Å². The van der Waals surface area contributed by atoms with Gasteiger partial charge < -0.3 is 14.2 Å². The molecule has 2 rings (SSSR count). The summed E-state index contributed by atoms with van der Waals surface area (Å²) >= 11 is 6.15. The largest absolute Gasteiger partial charge is 0.490 e. The average Bonchev–Trinajstić information content (AvgIpc) is 2.54. The first-order valence-electron chi connectivity index (χ1n) is 6.91. The fourth-order valence-corrected chi connectivity index (χ4v) is 2.12. The molecule has 0 fully saturated rings. The summed E-state index contributed by atoms with van der Waals surface area (Å²) in [4.78, 5) is 0. The Kier molecular flexibility index (Phi) is 5.93. The van der Waals surface area contributed by atoms with Gasteiger partial charge in [-0.3, -0.25) is 0 Å². The smallest absolute Gasteiger partial charge is 0.179 e. The standard InChI is InChI=1S/C17H16ClNO3/c1-2-20-16-11-13(12-19)10-15(18)17(16)22-9-8-21-14-6-4-3-5-7-14/h3-7,10-11H,2,8-9H2,1H3. The van der Waals surface area contributed by atoms with E-state index >= 15 is 0 Å². The van der Waals surface area contributed by atoms with Crippen LogP contribution in [0.1, 0.15) is 12.5 Å².